The Morgan fingerprint density at radius 1 is 1.29 bits per heavy atom. The van der Waals surface area contributed by atoms with Crippen molar-refractivity contribution < 1.29 is 18.7 Å². The average Bonchev–Trinajstić information content (AvgIpc) is 2.98. The van der Waals surface area contributed by atoms with Crippen molar-refractivity contribution in [2.24, 2.45) is 11.3 Å². The van der Waals surface area contributed by atoms with E-state index in [1.807, 2.05) is 11.0 Å². The van der Waals surface area contributed by atoms with E-state index < -0.39 is 0 Å². The Labute approximate surface area is 141 Å². The van der Waals surface area contributed by atoms with Crippen molar-refractivity contribution in [1.82, 2.24) is 4.90 Å². The number of hydrogen-bond acceptors (Lipinski definition) is 3. The summed E-state index contributed by atoms with van der Waals surface area (Å²) >= 11 is 0. The number of benzene rings is 1. The second kappa shape index (κ2) is 6.45. The molecule has 0 N–H and O–H groups in total. The zero-order chi connectivity index (χ0) is 16.6. The van der Waals surface area contributed by atoms with Gasteiger partial charge in [-0.1, -0.05) is 12.1 Å². The molecular weight excluding hydrogens is 309 g/mol. The molecular formula is C19H24FNO3. The second-order valence-electron chi connectivity index (χ2n) is 7.55. The molecule has 0 radical (unpaired) electrons. The van der Waals surface area contributed by atoms with Crippen molar-refractivity contribution >= 4 is 5.91 Å². The Balaban J connectivity index is 1.29. The number of halogens is 1. The minimum absolute atomic E-state index is 0.124. The number of carbonyl (C=O) groups is 1. The van der Waals surface area contributed by atoms with Crippen LogP contribution in [0.4, 0.5) is 4.39 Å². The minimum Gasteiger partial charge on any atom is -0.381 e. The van der Waals surface area contributed by atoms with Crippen molar-refractivity contribution in [2.45, 2.75) is 31.8 Å². The highest BCUT2D eigenvalue weighted by Crippen LogP contribution is 2.42. The van der Waals surface area contributed by atoms with E-state index >= 15 is 0 Å². The van der Waals surface area contributed by atoms with Gasteiger partial charge in [0.1, 0.15) is 5.82 Å². The number of amides is 1. The zero-order valence-corrected chi connectivity index (χ0v) is 13.9. The van der Waals surface area contributed by atoms with E-state index in [2.05, 4.69) is 0 Å². The Morgan fingerprint density at radius 2 is 2.08 bits per heavy atom. The summed E-state index contributed by atoms with van der Waals surface area (Å²) in [5, 5.41) is 0. The molecule has 1 aromatic carbocycles. The Bertz CT molecular complexity index is 608. The number of ether oxygens (including phenoxy) is 2. The van der Waals surface area contributed by atoms with Crippen molar-refractivity contribution in [1.29, 1.82) is 0 Å². The molecule has 0 unspecified atom stereocenters. The van der Waals surface area contributed by atoms with Gasteiger partial charge in [0.15, 0.2) is 0 Å². The lowest BCUT2D eigenvalue weighted by Crippen LogP contribution is -2.60. The van der Waals surface area contributed by atoms with Gasteiger partial charge in [0.25, 0.3) is 0 Å². The summed E-state index contributed by atoms with van der Waals surface area (Å²) in [7, 11) is 0. The van der Waals surface area contributed by atoms with E-state index in [9.17, 15) is 9.18 Å². The first-order chi connectivity index (χ1) is 11.6. The largest absolute Gasteiger partial charge is 0.381 e. The molecule has 1 aromatic rings. The maximum absolute atomic E-state index is 13.3. The molecule has 3 aliphatic rings. The molecule has 1 atom stereocenters. The van der Waals surface area contributed by atoms with Gasteiger partial charge in [-0.2, -0.15) is 0 Å². The standard InChI is InChI=1S/C19H24FNO3/c20-16-3-1-2-14(8-16)9-17-10-19(13-24-17)11-21(12-19)18(22)15-4-6-23-7-5-15/h1-3,8,15,17H,4-7,9-13H2/t17-/m0/s1. The van der Waals surface area contributed by atoms with Gasteiger partial charge in [-0.05, 0) is 43.4 Å². The third kappa shape index (κ3) is 3.20. The Kier molecular flexibility index (Phi) is 4.31. The molecule has 1 amide bonds. The smallest absolute Gasteiger partial charge is 0.225 e. The third-order valence-electron chi connectivity index (χ3n) is 5.57. The van der Waals surface area contributed by atoms with Gasteiger partial charge >= 0.3 is 0 Å². The lowest BCUT2D eigenvalue weighted by Gasteiger charge is -2.48. The van der Waals surface area contributed by atoms with Gasteiger partial charge in [0.05, 0.1) is 12.7 Å². The third-order valence-corrected chi connectivity index (χ3v) is 5.57. The lowest BCUT2D eigenvalue weighted by atomic mass is 9.76. The van der Waals surface area contributed by atoms with Crippen molar-refractivity contribution in [3.63, 3.8) is 0 Å². The maximum Gasteiger partial charge on any atom is 0.225 e. The molecule has 3 aliphatic heterocycles. The highest BCUT2D eigenvalue weighted by atomic mass is 19.1. The molecule has 3 heterocycles. The number of carbonyl (C=O) groups excluding carboxylic acids is 1. The van der Waals surface area contributed by atoms with E-state index in [1.165, 1.54) is 6.07 Å². The van der Waals surface area contributed by atoms with E-state index in [4.69, 9.17) is 9.47 Å². The topological polar surface area (TPSA) is 38.8 Å². The van der Waals surface area contributed by atoms with Crippen LogP contribution in [0.2, 0.25) is 0 Å². The maximum atomic E-state index is 13.3. The monoisotopic (exact) mass is 333 g/mol. The van der Waals surface area contributed by atoms with Crippen molar-refractivity contribution in [2.75, 3.05) is 32.9 Å². The van der Waals surface area contributed by atoms with Gasteiger partial charge in [0, 0.05) is 37.6 Å². The highest BCUT2D eigenvalue weighted by molar-refractivity contribution is 5.80. The number of hydrogen-bond donors (Lipinski definition) is 0. The number of rotatable bonds is 3. The lowest BCUT2D eigenvalue weighted by molar-refractivity contribution is -0.150. The summed E-state index contributed by atoms with van der Waals surface area (Å²) in [4.78, 5) is 14.5. The van der Waals surface area contributed by atoms with Crippen molar-refractivity contribution in [3.05, 3.63) is 35.6 Å². The summed E-state index contributed by atoms with van der Waals surface area (Å²) < 4.78 is 24.6. The SMILES string of the molecule is O=C(C1CCOCC1)N1CC2(CO[C@@H](Cc3cccc(F)c3)C2)C1. The van der Waals surface area contributed by atoms with Crippen LogP contribution in [-0.2, 0) is 20.7 Å². The molecule has 24 heavy (non-hydrogen) atoms. The minimum atomic E-state index is -0.197. The first kappa shape index (κ1) is 16.0. The summed E-state index contributed by atoms with van der Waals surface area (Å²) in [5.41, 5.74) is 1.10. The van der Waals surface area contributed by atoms with Crippen LogP contribution >= 0.6 is 0 Å². The van der Waals surface area contributed by atoms with Gasteiger partial charge in [0.2, 0.25) is 5.91 Å². The van der Waals surface area contributed by atoms with Crippen LogP contribution in [0.15, 0.2) is 24.3 Å². The Morgan fingerprint density at radius 3 is 2.83 bits per heavy atom. The molecule has 5 heteroatoms. The summed E-state index contributed by atoms with van der Waals surface area (Å²) in [5.74, 6) is 0.233. The first-order valence-corrected chi connectivity index (χ1v) is 8.86. The predicted octanol–water partition coefficient (Wildman–Crippen LogP) is 2.41. The van der Waals surface area contributed by atoms with E-state index in [-0.39, 0.29) is 29.2 Å². The zero-order valence-electron chi connectivity index (χ0n) is 13.9. The van der Waals surface area contributed by atoms with Crippen LogP contribution in [0.1, 0.15) is 24.8 Å². The quantitative estimate of drug-likeness (QED) is 0.853. The highest BCUT2D eigenvalue weighted by Gasteiger charge is 2.51. The predicted molar refractivity (Wildman–Crippen MR) is 87.0 cm³/mol. The van der Waals surface area contributed by atoms with E-state index in [0.717, 1.165) is 44.3 Å². The summed E-state index contributed by atoms with van der Waals surface area (Å²) in [6.45, 7) is 3.73. The normalized spacial score (nSPS) is 26.5. The van der Waals surface area contributed by atoms with E-state index in [1.54, 1.807) is 12.1 Å². The van der Waals surface area contributed by atoms with Crippen LogP contribution in [0, 0.1) is 17.2 Å². The molecule has 0 aliphatic carbocycles. The van der Waals surface area contributed by atoms with Gasteiger partial charge in [-0.3, -0.25) is 4.79 Å². The first-order valence-electron chi connectivity index (χ1n) is 8.86. The number of likely N-dealkylation sites (tertiary alicyclic amines) is 1. The van der Waals surface area contributed by atoms with Gasteiger partial charge in [-0.15, -0.1) is 0 Å². The molecule has 0 aromatic heterocycles. The van der Waals surface area contributed by atoms with Crippen LogP contribution in [0.3, 0.4) is 0 Å². The second-order valence-corrected chi connectivity index (χ2v) is 7.55. The molecule has 4 nitrogen and oxygen atoms in total. The van der Waals surface area contributed by atoms with Crippen molar-refractivity contribution in [3.8, 4) is 0 Å². The molecule has 0 saturated carbocycles. The fourth-order valence-corrected chi connectivity index (χ4v) is 4.30. The Hall–Kier alpha value is -1.46. The molecule has 3 fully saturated rings. The van der Waals surface area contributed by atoms with Gasteiger partial charge < -0.3 is 14.4 Å². The van der Waals surface area contributed by atoms with Crippen LogP contribution in [0.25, 0.3) is 0 Å². The fraction of sp³-hybridized carbons (Fsp3) is 0.632. The van der Waals surface area contributed by atoms with Gasteiger partial charge in [-0.25, -0.2) is 4.39 Å². The van der Waals surface area contributed by atoms with Crippen LogP contribution in [0.5, 0.6) is 0 Å². The average molecular weight is 333 g/mol. The van der Waals surface area contributed by atoms with Crippen LogP contribution in [-0.4, -0.2) is 49.8 Å². The molecule has 3 saturated heterocycles. The summed E-state index contributed by atoms with van der Waals surface area (Å²) in [6.07, 6.45) is 3.53. The molecule has 4 rings (SSSR count). The van der Waals surface area contributed by atoms with Crippen LogP contribution < -0.4 is 0 Å². The summed E-state index contributed by atoms with van der Waals surface area (Å²) in [6, 6.07) is 6.73. The number of nitrogens with zero attached hydrogens (tertiary/aromatic N) is 1. The molecule has 0 bridgehead atoms. The molecule has 1 spiro atoms. The van der Waals surface area contributed by atoms with E-state index in [0.29, 0.717) is 19.8 Å². The fourth-order valence-electron chi connectivity index (χ4n) is 4.30. The molecule has 130 valence electrons.